The monoisotopic (exact) mass is 328 g/mol. The van der Waals surface area contributed by atoms with Gasteiger partial charge in [-0.25, -0.2) is 4.67 Å². The highest BCUT2D eigenvalue weighted by Crippen LogP contribution is 2.52. The lowest BCUT2D eigenvalue weighted by Crippen LogP contribution is -2.31. The van der Waals surface area contributed by atoms with E-state index in [4.69, 9.17) is 9.79 Å². The molecule has 82 valence electrons. The molecule has 0 aliphatic rings. The molecular formula is C9H18IN2OP. The van der Waals surface area contributed by atoms with Crippen LogP contribution in [0.5, 0.6) is 0 Å². The first-order valence-electron chi connectivity index (χ1n) is 4.74. The van der Waals surface area contributed by atoms with Crippen molar-refractivity contribution >= 4 is 28.0 Å². The molecule has 5 heteroatoms. The molecule has 0 fully saturated rings. The van der Waals surface area contributed by atoms with Crippen molar-refractivity contribution in [3.8, 4) is 6.07 Å². The van der Waals surface area contributed by atoms with Crippen LogP contribution in [0.15, 0.2) is 0 Å². The summed E-state index contributed by atoms with van der Waals surface area (Å²) in [6, 6.07) is 3.06. The van der Waals surface area contributed by atoms with Crippen LogP contribution in [-0.2, 0) is 4.52 Å². The summed E-state index contributed by atoms with van der Waals surface area (Å²) in [5, 5.41) is 8.40. The van der Waals surface area contributed by atoms with Gasteiger partial charge in [-0.1, -0.05) is 0 Å². The Hall–Kier alpha value is 0.570. The zero-order valence-electron chi connectivity index (χ0n) is 9.20. The van der Waals surface area contributed by atoms with E-state index in [0.29, 0.717) is 25.1 Å². The first-order chi connectivity index (χ1) is 6.50. The van der Waals surface area contributed by atoms with Gasteiger partial charge in [0.15, 0.2) is 5.94 Å². The summed E-state index contributed by atoms with van der Waals surface area (Å²) < 4.78 is 7.96. The first kappa shape index (κ1) is 14.6. The molecule has 0 saturated heterocycles. The maximum atomic E-state index is 8.40. The molecule has 1 atom stereocenters. The molecule has 0 radical (unpaired) electrons. The maximum absolute atomic E-state index is 8.40. The number of rotatable bonds is 6. The summed E-state index contributed by atoms with van der Waals surface area (Å²) in [5.74, 6) is -0.582. The minimum absolute atomic E-state index is 0.478. The summed E-state index contributed by atoms with van der Waals surface area (Å²) in [6.07, 6.45) is 0.478. The van der Waals surface area contributed by atoms with Crippen LogP contribution in [-0.4, -0.2) is 23.4 Å². The van der Waals surface area contributed by atoms with Crippen molar-refractivity contribution in [1.29, 1.82) is 5.26 Å². The Balaban J connectivity index is 4.03. The Morgan fingerprint density at radius 1 is 1.36 bits per heavy atom. The molecule has 0 rings (SSSR count). The second kappa shape index (κ2) is 7.81. The fourth-order valence-electron chi connectivity index (χ4n) is 1.19. The molecule has 0 aromatic heterocycles. The van der Waals surface area contributed by atoms with Crippen LogP contribution in [0, 0.1) is 11.3 Å². The van der Waals surface area contributed by atoms with Gasteiger partial charge in [0.2, 0.25) is 0 Å². The average molecular weight is 328 g/mol. The molecule has 0 heterocycles. The van der Waals surface area contributed by atoms with Gasteiger partial charge in [0, 0.05) is 12.1 Å². The molecule has 0 bridgehead atoms. The van der Waals surface area contributed by atoms with E-state index < -0.39 is 5.94 Å². The zero-order valence-corrected chi connectivity index (χ0v) is 12.2. The fraction of sp³-hybridized carbons (Fsp3) is 0.889. The lowest BCUT2D eigenvalue weighted by Gasteiger charge is -2.33. The van der Waals surface area contributed by atoms with E-state index in [9.17, 15) is 0 Å². The minimum Gasteiger partial charge on any atom is -0.335 e. The van der Waals surface area contributed by atoms with Crippen molar-refractivity contribution in [2.75, 3.05) is 6.61 Å². The van der Waals surface area contributed by atoms with Crippen molar-refractivity contribution in [2.24, 2.45) is 0 Å². The average Bonchev–Trinajstić information content (AvgIpc) is 2.03. The molecule has 0 saturated carbocycles. The molecular weight excluding hydrogens is 310 g/mol. The van der Waals surface area contributed by atoms with Gasteiger partial charge in [-0.3, -0.25) is 0 Å². The molecule has 0 aromatic carbocycles. The maximum Gasteiger partial charge on any atom is 0.172 e. The summed E-state index contributed by atoms with van der Waals surface area (Å²) in [5.41, 5.74) is 0. The van der Waals surface area contributed by atoms with Gasteiger partial charge < -0.3 is 4.52 Å². The van der Waals surface area contributed by atoms with Crippen molar-refractivity contribution in [1.82, 2.24) is 4.67 Å². The van der Waals surface area contributed by atoms with Crippen molar-refractivity contribution in [3.63, 3.8) is 0 Å². The highest BCUT2D eigenvalue weighted by atomic mass is 127. The lowest BCUT2D eigenvalue weighted by molar-refractivity contribution is 0.268. The number of hydrogen-bond donors (Lipinski definition) is 0. The van der Waals surface area contributed by atoms with Gasteiger partial charge in [-0.2, -0.15) is 5.26 Å². The van der Waals surface area contributed by atoms with E-state index in [1.54, 1.807) is 0 Å². The number of nitriles is 1. The molecule has 0 spiro atoms. The van der Waals surface area contributed by atoms with E-state index in [-0.39, 0.29) is 0 Å². The topological polar surface area (TPSA) is 36.3 Å². The highest BCUT2D eigenvalue weighted by Gasteiger charge is 2.22. The van der Waals surface area contributed by atoms with Gasteiger partial charge in [0.1, 0.15) is 0 Å². The Kier molecular flexibility index (Phi) is 8.13. The van der Waals surface area contributed by atoms with E-state index in [1.165, 1.54) is 0 Å². The Morgan fingerprint density at radius 3 is 2.21 bits per heavy atom. The molecule has 0 aliphatic carbocycles. The SMILES string of the molecule is CC(C)N(C(C)C)[P@@](I)OCCC#N. The summed E-state index contributed by atoms with van der Waals surface area (Å²) in [7, 11) is 0. The van der Waals surface area contributed by atoms with E-state index >= 15 is 0 Å². The Bertz CT molecular complexity index is 186. The largest absolute Gasteiger partial charge is 0.335 e. The second-order valence-corrected chi connectivity index (χ2v) is 7.18. The third kappa shape index (κ3) is 5.45. The molecule has 14 heavy (non-hydrogen) atoms. The molecule has 0 N–H and O–H groups in total. The lowest BCUT2D eigenvalue weighted by atomic mass is 10.3. The zero-order chi connectivity index (χ0) is 11.1. The number of nitrogens with zero attached hydrogens (tertiary/aromatic N) is 2. The van der Waals surface area contributed by atoms with Crippen molar-refractivity contribution in [3.05, 3.63) is 0 Å². The predicted octanol–water partition coefficient (Wildman–Crippen LogP) is 3.70. The van der Waals surface area contributed by atoms with Gasteiger partial charge in [0.05, 0.1) is 19.1 Å². The number of halogens is 1. The van der Waals surface area contributed by atoms with Crippen LogP contribution in [0.1, 0.15) is 34.1 Å². The smallest absolute Gasteiger partial charge is 0.172 e. The summed E-state index contributed by atoms with van der Waals surface area (Å²) in [4.78, 5) is 0. The fourth-order valence-corrected chi connectivity index (χ4v) is 5.87. The minimum atomic E-state index is -0.582. The van der Waals surface area contributed by atoms with Crippen LogP contribution in [0.2, 0.25) is 0 Å². The quantitative estimate of drug-likeness (QED) is 0.424. The van der Waals surface area contributed by atoms with Crippen molar-refractivity contribution in [2.45, 2.75) is 46.2 Å². The standard InChI is InChI=1S/C9H18IN2OP/c1-8(2)12(9(3)4)14(10)13-7-5-6-11/h8-9H,5,7H2,1-4H3/t14-/m1/s1. The summed E-state index contributed by atoms with van der Waals surface area (Å²) >= 11 is 2.33. The van der Waals surface area contributed by atoms with Gasteiger partial charge in [0.25, 0.3) is 0 Å². The van der Waals surface area contributed by atoms with Crippen LogP contribution >= 0.6 is 28.0 Å². The van der Waals surface area contributed by atoms with E-state index in [2.05, 4.69) is 60.5 Å². The molecule has 0 aromatic rings. The van der Waals surface area contributed by atoms with Gasteiger partial charge in [-0.15, -0.1) is 0 Å². The number of hydrogen-bond acceptors (Lipinski definition) is 3. The van der Waals surface area contributed by atoms with Crippen molar-refractivity contribution < 1.29 is 4.52 Å². The molecule has 0 amide bonds. The van der Waals surface area contributed by atoms with E-state index in [1.807, 2.05) is 0 Å². The highest BCUT2D eigenvalue weighted by molar-refractivity contribution is 14.2. The first-order valence-corrected chi connectivity index (χ1v) is 8.74. The third-order valence-corrected chi connectivity index (χ3v) is 5.66. The van der Waals surface area contributed by atoms with Gasteiger partial charge in [-0.05, 0) is 49.7 Å². The Labute approximate surface area is 101 Å². The van der Waals surface area contributed by atoms with E-state index in [0.717, 1.165) is 0 Å². The Morgan fingerprint density at radius 2 is 1.86 bits per heavy atom. The normalized spacial score (nSPS) is 13.6. The van der Waals surface area contributed by atoms with Gasteiger partial charge >= 0.3 is 0 Å². The van der Waals surface area contributed by atoms with Crippen LogP contribution in [0.3, 0.4) is 0 Å². The second-order valence-electron chi connectivity index (χ2n) is 3.54. The summed E-state index contributed by atoms with van der Waals surface area (Å²) in [6.45, 7) is 9.22. The molecule has 3 nitrogen and oxygen atoms in total. The predicted molar refractivity (Wildman–Crippen MR) is 69.2 cm³/mol. The van der Waals surface area contributed by atoms with Crippen LogP contribution in [0.4, 0.5) is 0 Å². The van der Waals surface area contributed by atoms with Crippen LogP contribution < -0.4 is 0 Å². The molecule has 0 unspecified atom stereocenters. The van der Waals surface area contributed by atoms with Crippen LogP contribution in [0.25, 0.3) is 0 Å². The third-order valence-electron chi connectivity index (χ3n) is 1.65. The molecule has 0 aliphatic heterocycles.